The second kappa shape index (κ2) is 8.62. The number of fused-ring (bicyclic) bond motifs is 1. The summed E-state index contributed by atoms with van der Waals surface area (Å²) in [4.78, 5) is 20.8. The number of thiophene rings is 1. The lowest BCUT2D eigenvalue weighted by molar-refractivity contribution is 0.0951. The highest BCUT2D eigenvalue weighted by molar-refractivity contribution is 7.10. The lowest BCUT2D eigenvalue weighted by Crippen LogP contribution is -2.32. The smallest absolute Gasteiger partial charge is 0.252 e. The Morgan fingerprint density at radius 1 is 1.29 bits per heavy atom. The van der Waals surface area contributed by atoms with Crippen LogP contribution in [0, 0.1) is 0 Å². The summed E-state index contributed by atoms with van der Waals surface area (Å²) in [5.41, 5.74) is 4.40. The van der Waals surface area contributed by atoms with E-state index in [1.807, 2.05) is 16.1 Å². The standard InChI is InChI=1S/C20H24N6OS/c1-2-15-3-4-16(22-9-15)10-25-7-5-17-18(12-28-19(17)11-25)20(27)21-6-8-26-13-23-24-14-26/h3-4,9,12-14H,2,5-8,10-11H2,1H3,(H,21,27). The molecule has 0 aromatic carbocycles. The SMILES string of the molecule is CCc1ccc(CN2CCc3c(C(=O)NCCn4cnnc4)csc3C2)nc1. The zero-order valence-electron chi connectivity index (χ0n) is 16.0. The summed E-state index contributed by atoms with van der Waals surface area (Å²) in [6.45, 7) is 6.05. The first kappa shape index (κ1) is 18.8. The van der Waals surface area contributed by atoms with Gasteiger partial charge in [0.15, 0.2) is 0 Å². The number of pyridine rings is 1. The van der Waals surface area contributed by atoms with Crippen molar-refractivity contribution in [3.63, 3.8) is 0 Å². The van der Waals surface area contributed by atoms with E-state index in [2.05, 4.69) is 44.5 Å². The van der Waals surface area contributed by atoms with Crippen LogP contribution in [0.3, 0.4) is 0 Å². The van der Waals surface area contributed by atoms with Gasteiger partial charge in [0.2, 0.25) is 0 Å². The van der Waals surface area contributed by atoms with Crippen molar-refractivity contribution in [3.05, 3.63) is 63.6 Å². The van der Waals surface area contributed by atoms with E-state index in [0.29, 0.717) is 13.1 Å². The molecule has 0 atom stereocenters. The first-order valence-corrected chi connectivity index (χ1v) is 10.5. The molecule has 28 heavy (non-hydrogen) atoms. The Bertz CT molecular complexity index is 919. The normalized spacial score (nSPS) is 14.0. The van der Waals surface area contributed by atoms with Crippen LogP contribution in [0.25, 0.3) is 0 Å². The molecule has 1 aliphatic heterocycles. The number of hydrogen-bond acceptors (Lipinski definition) is 6. The Hall–Kier alpha value is -2.58. The van der Waals surface area contributed by atoms with Crippen LogP contribution in [0.2, 0.25) is 0 Å². The molecule has 0 spiro atoms. The van der Waals surface area contributed by atoms with Gasteiger partial charge in [-0.1, -0.05) is 13.0 Å². The number of amides is 1. The number of aryl methyl sites for hydroxylation is 1. The number of nitrogens with one attached hydrogen (secondary N) is 1. The maximum Gasteiger partial charge on any atom is 0.252 e. The largest absolute Gasteiger partial charge is 0.350 e. The summed E-state index contributed by atoms with van der Waals surface area (Å²) in [6, 6.07) is 4.28. The minimum absolute atomic E-state index is 0.0100. The third-order valence-corrected chi connectivity index (χ3v) is 6.09. The fourth-order valence-corrected chi connectivity index (χ4v) is 4.55. The highest BCUT2D eigenvalue weighted by Crippen LogP contribution is 2.29. The van der Waals surface area contributed by atoms with Crippen molar-refractivity contribution in [2.24, 2.45) is 0 Å². The van der Waals surface area contributed by atoms with Gasteiger partial charge in [-0.2, -0.15) is 0 Å². The van der Waals surface area contributed by atoms with Crippen molar-refractivity contribution in [1.82, 2.24) is 30.0 Å². The average Bonchev–Trinajstić information content (AvgIpc) is 3.38. The Morgan fingerprint density at radius 2 is 2.14 bits per heavy atom. The van der Waals surface area contributed by atoms with Crippen LogP contribution >= 0.6 is 11.3 Å². The van der Waals surface area contributed by atoms with E-state index in [1.165, 1.54) is 16.0 Å². The quantitative estimate of drug-likeness (QED) is 0.663. The van der Waals surface area contributed by atoms with E-state index >= 15 is 0 Å². The summed E-state index contributed by atoms with van der Waals surface area (Å²) in [7, 11) is 0. The molecule has 0 fully saturated rings. The number of hydrogen-bond donors (Lipinski definition) is 1. The van der Waals surface area contributed by atoms with Crippen LogP contribution in [0.1, 0.15) is 39.0 Å². The van der Waals surface area contributed by atoms with Crippen molar-refractivity contribution in [2.75, 3.05) is 13.1 Å². The maximum atomic E-state index is 12.6. The molecule has 3 aromatic heterocycles. The van der Waals surface area contributed by atoms with Crippen molar-refractivity contribution in [3.8, 4) is 0 Å². The number of carbonyl (C=O) groups is 1. The van der Waals surface area contributed by atoms with Gasteiger partial charge in [0.25, 0.3) is 5.91 Å². The number of rotatable bonds is 7. The van der Waals surface area contributed by atoms with Crippen LogP contribution in [-0.2, 0) is 32.5 Å². The van der Waals surface area contributed by atoms with Crippen LogP contribution < -0.4 is 5.32 Å². The molecule has 1 amide bonds. The second-order valence-corrected chi connectivity index (χ2v) is 7.94. The van der Waals surface area contributed by atoms with Crippen LogP contribution in [0.5, 0.6) is 0 Å². The summed E-state index contributed by atoms with van der Waals surface area (Å²) in [6.07, 6.45) is 7.19. The maximum absolute atomic E-state index is 12.6. The molecule has 0 unspecified atom stereocenters. The van der Waals surface area contributed by atoms with Gasteiger partial charge in [0.05, 0.1) is 11.3 Å². The van der Waals surface area contributed by atoms with Crippen LogP contribution in [0.4, 0.5) is 0 Å². The van der Waals surface area contributed by atoms with Crippen molar-refractivity contribution >= 4 is 17.2 Å². The van der Waals surface area contributed by atoms with Gasteiger partial charge in [-0.15, -0.1) is 21.5 Å². The summed E-state index contributed by atoms with van der Waals surface area (Å²) < 4.78 is 1.85. The van der Waals surface area contributed by atoms with Crippen molar-refractivity contribution in [2.45, 2.75) is 39.4 Å². The lowest BCUT2D eigenvalue weighted by Gasteiger charge is -2.27. The molecule has 0 bridgehead atoms. The minimum Gasteiger partial charge on any atom is -0.350 e. The molecule has 0 saturated heterocycles. The number of aromatic nitrogens is 4. The number of nitrogens with zero attached hydrogens (tertiary/aromatic N) is 5. The van der Waals surface area contributed by atoms with Crippen molar-refractivity contribution < 1.29 is 4.79 Å². The van der Waals surface area contributed by atoms with Gasteiger partial charge in [0, 0.05) is 49.2 Å². The van der Waals surface area contributed by atoms with E-state index in [4.69, 9.17) is 0 Å². The highest BCUT2D eigenvalue weighted by Gasteiger charge is 2.24. The van der Waals surface area contributed by atoms with E-state index in [1.54, 1.807) is 24.0 Å². The molecule has 0 saturated carbocycles. The molecular formula is C20H24N6OS. The molecule has 146 valence electrons. The molecule has 3 aromatic rings. The van der Waals surface area contributed by atoms with E-state index in [9.17, 15) is 4.79 Å². The molecule has 0 radical (unpaired) electrons. The Morgan fingerprint density at radius 3 is 2.89 bits per heavy atom. The van der Waals surface area contributed by atoms with E-state index in [0.717, 1.165) is 43.7 Å². The van der Waals surface area contributed by atoms with Gasteiger partial charge in [-0.3, -0.25) is 14.7 Å². The van der Waals surface area contributed by atoms with E-state index < -0.39 is 0 Å². The van der Waals surface area contributed by atoms with Crippen molar-refractivity contribution in [1.29, 1.82) is 0 Å². The van der Waals surface area contributed by atoms with Crippen LogP contribution in [-0.4, -0.2) is 43.6 Å². The van der Waals surface area contributed by atoms with Gasteiger partial charge in [-0.05, 0) is 30.0 Å². The molecule has 0 aliphatic carbocycles. The monoisotopic (exact) mass is 396 g/mol. The van der Waals surface area contributed by atoms with Gasteiger partial charge < -0.3 is 9.88 Å². The summed E-state index contributed by atoms with van der Waals surface area (Å²) in [5, 5.41) is 12.5. The lowest BCUT2D eigenvalue weighted by atomic mass is 10.0. The fraction of sp³-hybridized carbons (Fsp3) is 0.400. The zero-order chi connectivity index (χ0) is 19.3. The van der Waals surface area contributed by atoms with Gasteiger partial charge >= 0.3 is 0 Å². The highest BCUT2D eigenvalue weighted by atomic mass is 32.1. The topological polar surface area (TPSA) is 75.9 Å². The Balaban J connectivity index is 1.33. The molecule has 7 nitrogen and oxygen atoms in total. The second-order valence-electron chi connectivity index (χ2n) is 6.98. The zero-order valence-corrected chi connectivity index (χ0v) is 16.8. The Labute approximate surface area is 168 Å². The first-order chi connectivity index (χ1) is 13.7. The summed E-state index contributed by atoms with van der Waals surface area (Å²) >= 11 is 1.68. The first-order valence-electron chi connectivity index (χ1n) is 9.59. The number of carbonyl (C=O) groups excluding carboxylic acids is 1. The fourth-order valence-electron chi connectivity index (χ4n) is 3.43. The Kier molecular flexibility index (Phi) is 5.78. The predicted octanol–water partition coefficient (Wildman–Crippen LogP) is 2.29. The van der Waals surface area contributed by atoms with Crippen LogP contribution in [0.15, 0.2) is 36.4 Å². The molecule has 1 N–H and O–H groups in total. The molecule has 1 aliphatic rings. The van der Waals surface area contributed by atoms with Gasteiger partial charge in [-0.25, -0.2) is 0 Å². The van der Waals surface area contributed by atoms with E-state index in [-0.39, 0.29) is 5.91 Å². The molecule has 4 heterocycles. The third-order valence-electron chi connectivity index (χ3n) is 5.07. The summed E-state index contributed by atoms with van der Waals surface area (Å²) in [5.74, 6) is 0.0100. The minimum atomic E-state index is 0.0100. The average molecular weight is 397 g/mol. The predicted molar refractivity (Wildman–Crippen MR) is 108 cm³/mol. The molecular weight excluding hydrogens is 372 g/mol. The molecule has 8 heteroatoms. The molecule has 4 rings (SSSR count). The third kappa shape index (κ3) is 4.28. The van der Waals surface area contributed by atoms with Gasteiger partial charge in [0.1, 0.15) is 12.7 Å².